The minimum Gasteiger partial charge on any atom is -0.295 e. The molecule has 0 saturated carbocycles. The van der Waals surface area contributed by atoms with Gasteiger partial charge in [0.05, 0.1) is 12.8 Å². The number of nitrogens with zero attached hydrogens (tertiary/aromatic N) is 3. The number of hydrogen-bond acceptors (Lipinski definition) is 5. The minimum absolute atomic E-state index is 0.148. The second-order valence-electron chi connectivity index (χ2n) is 5.55. The summed E-state index contributed by atoms with van der Waals surface area (Å²) in [6.07, 6.45) is 6.09. The molecule has 2 saturated heterocycles. The van der Waals surface area contributed by atoms with Crippen molar-refractivity contribution in [2.45, 2.75) is 31.3 Å². The molecule has 2 aliphatic heterocycles. The van der Waals surface area contributed by atoms with E-state index in [9.17, 15) is 8.42 Å². The first kappa shape index (κ1) is 13.5. The number of aromatic nitrogens is 1. The van der Waals surface area contributed by atoms with Gasteiger partial charge in [-0.1, -0.05) is 0 Å². The Kier molecular flexibility index (Phi) is 3.41. The summed E-state index contributed by atoms with van der Waals surface area (Å²) < 4.78 is 25.6. The molecule has 3 heterocycles. The highest BCUT2D eigenvalue weighted by atomic mass is 32.2. The van der Waals surface area contributed by atoms with E-state index < -0.39 is 10.0 Å². The summed E-state index contributed by atoms with van der Waals surface area (Å²) in [5, 5.41) is 3.10. The van der Waals surface area contributed by atoms with Gasteiger partial charge < -0.3 is 0 Å². The maximum Gasteiger partial charge on any atom is 0.211 e. The molecule has 0 aromatic carbocycles. The molecular formula is C12H19N3O2S2. The lowest BCUT2D eigenvalue weighted by molar-refractivity contribution is 0.225. The molecule has 0 aliphatic carbocycles. The monoisotopic (exact) mass is 301 g/mol. The quantitative estimate of drug-likeness (QED) is 0.840. The van der Waals surface area contributed by atoms with Gasteiger partial charge in [0.2, 0.25) is 10.0 Å². The zero-order valence-electron chi connectivity index (χ0n) is 11.1. The van der Waals surface area contributed by atoms with Crippen molar-refractivity contribution in [3.63, 3.8) is 0 Å². The lowest BCUT2D eigenvalue weighted by Gasteiger charge is -2.33. The second kappa shape index (κ2) is 4.80. The van der Waals surface area contributed by atoms with Crippen molar-refractivity contribution in [2.24, 2.45) is 0 Å². The van der Waals surface area contributed by atoms with E-state index in [1.165, 1.54) is 6.26 Å². The Morgan fingerprint density at radius 2 is 2.26 bits per heavy atom. The standard InChI is InChI=1S/C12H19N3O2S2/c1-19(16,17)15-6-2-3-12(15)4-7-14(10-12)9-11-13-5-8-18-11/h5,8H,2-4,6-7,9-10H2,1H3/t12-/m1/s1. The number of hydrogen-bond donors (Lipinski definition) is 0. The molecule has 106 valence electrons. The lowest BCUT2D eigenvalue weighted by Crippen LogP contribution is -2.48. The summed E-state index contributed by atoms with van der Waals surface area (Å²) >= 11 is 1.66. The molecule has 2 aliphatic rings. The van der Waals surface area contributed by atoms with Crippen LogP contribution in [0.5, 0.6) is 0 Å². The van der Waals surface area contributed by atoms with Crippen LogP contribution in [0.2, 0.25) is 0 Å². The molecule has 3 rings (SSSR count). The van der Waals surface area contributed by atoms with Crippen molar-refractivity contribution >= 4 is 21.4 Å². The van der Waals surface area contributed by atoms with Crippen molar-refractivity contribution < 1.29 is 8.42 Å². The van der Waals surface area contributed by atoms with E-state index in [0.29, 0.717) is 6.54 Å². The Hall–Kier alpha value is -0.500. The van der Waals surface area contributed by atoms with Gasteiger partial charge in [0.15, 0.2) is 0 Å². The second-order valence-corrected chi connectivity index (χ2v) is 8.44. The number of thiazole rings is 1. The zero-order chi connectivity index (χ0) is 13.5. The van der Waals surface area contributed by atoms with Crippen LogP contribution in [0.1, 0.15) is 24.3 Å². The van der Waals surface area contributed by atoms with Gasteiger partial charge in [-0.25, -0.2) is 13.4 Å². The summed E-state index contributed by atoms with van der Waals surface area (Å²) in [5.74, 6) is 0. The third kappa shape index (κ3) is 2.56. The maximum atomic E-state index is 11.9. The van der Waals surface area contributed by atoms with E-state index in [-0.39, 0.29) is 5.54 Å². The van der Waals surface area contributed by atoms with Gasteiger partial charge in [-0.3, -0.25) is 4.90 Å². The van der Waals surface area contributed by atoms with Gasteiger partial charge in [0.1, 0.15) is 5.01 Å². The lowest BCUT2D eigenvalue weighted by atomic mass is 9.97. The topological polar surface area (TPSA) is 53.5 Å². The number of rotatable bonds is 3. The molecule has 0 radical (unpaired) electrons. The Morgan fingerprint density at radius 1 is 1.42 bits per heavy atom. The van der Waals surface area contributed by atoms with E-state index in [0.717, 1.165) is 43.9 Å². The molecule has 1 atom stereocenters. The van der Waals surface area contributed by atoms with E-state index >= 15 is 0 Å². The first-order chi connectivity index (χ1) is 9.00. The van der Waals surface area contributed by atoms with E-state index in [4.69, 9.17) is 0 Å². The third-order valence-corrected chi connectivity index (χ3v) is 6.32. The molecule has 5 nitrogen and oxygen atoms in total. The number of sulfonamides is 1. The average molecular weight is 301 g/mol. The van der Waals surface area contributed by atoms with Crippen LogP contribution >= 0.6 is 11.3 Å². The zero-order valence-corrected chi connectivity index (χ0v) is 12.7. The van der Waals surface area contributed by atoms with Crippen molar-refractivity contribution in [3.05, 3.63) is 16.6 Å². The van der Waals surface area contributed by atoms with E-state index in [1.807, 2.05) is 11.6 Å². The Labute approximate surface area is 118 Å². The normalized spacial score (nSPS) is 29.5. The summed E-state index contributed by atoms with van der Waals surface area (Å²) in [4.78, 5) is 6.64. The molecule has 2 fully saturated rings. The average Bonchev–Trinajstić information content (AvgIpc) is 3.01. The largest absolute Gasteiger partial charge is 0.295 e. The van der Waals surface area contributed by atoms with Crippen LogP contribution in [-0.2, 0) is 16.6 Å². The van der Waals surface area contributed by atoms with Crippen molar-refractivity contribution in [1.29, 1.82) is 0 Å². The van der Waals surface area contributed by atoms with E-state index in [2.05, 4.69) is 9.88 Å². The van der Waals surface area contributed by atoms with Crippen LogP contribution in [-0.4, -0.2) is 54.0 Å². The predicted octanol–water partition coefficient (Wildman–Crippen LogP) is 1.14. The van der Waals surface area contributed by atoms with Crippen molar-refractivity contribution in [1.82, 2.24) is 14.2 Å². The van der Waals surface area contributed by atoms with Crippen LogP contribution in [0, 0.1) is 0 Å². The highest BCUT2D eigenvalue weighted by molar-refractivity contribution is 7.88. The fourth-order valence-corrected chi connectivity index (χ4v) is 5.50. The van der Waals surface area contributed by atoms with Crippen molar-refractivity contribution in [2.75, 3.05) is 25.9 Å². The molecule has 1 aromatic heterocycles. The molecule has 0 N–H and O–H groups in total. The molecule has 1 spiro atoms. The van der Waals surface area contributed by atoms with Crippen LogP contribution in [0.15, 0.2) is 11.6 Å². The third-order valence-electron chi connectivity index (χ3n) is 4.19. The Balaban J connectivity index is 1.73. The molecular weight excluding hydrogens is 282 g/mol. The Bertz CT molecular complexity index is 543. The first-order valence-electron chi connectivity index (χ1n) is 6.58. The SMILES string of the molecule is CS(=O)(=O)N1CCC[C@]12CCN(Cc1nccs1)C2. The molecule has 0 unspecified atom stereocenters. The highest BCUT2D eigenvalue weighted by Gasteiger charge is 2.49. The van der Waals surface area contributed by atoms with Gasteiger partial charge in [-0.05, 0) is 19.3 Å². The van der Waals surface area contributed by atoms with Gasteiger partial charge in [0, 0.05) is 36.8 Å². The van der Waals surface area contributed by atoms with Crippen molar-refractivity contribution in [3.8, 4) is 0 Å². The van der Waals surface area contributed by atoms with Crippen LogP contribution in [0.3, 0.4) is 0 Å². The molecule has 1 aromatic rings. The van der Waals surface area contributed by atoms with Gasteiger partial charge in [-0.2, -0.15) is 4.31 Å². The fraction of sp³-hybridized carbons (Fsp3) is 0.750. The molecule has 0 amide bonds. The summed E-state index contributed by atoms with van der Waals surface area (Å²) in [5.41, 5.74) is -0.148. The predicted molar refractivity (Wildman–Crippen MR) is 75.5 cm³/mol. The first-order valence-corrected chi connectivity index (χ1v) is 9.31. The molecule has 7 heteroatoms. The summed E-state index contributed by atoms with van der Waals surface area (Å²) in [6.45, 7) is 3.34. The minimum atomic E-state index is -3.09. The fourth-order valence-electron chi connectivity index (χ4n) is 3.44. The van der Waals surface area contributed by atoms with Gasteiger partial charge >= 0.3 is 0 Å². The van der Waals surface area contributed by atoms with Gasteiger partial charge in [-0.15, -0.1) is 11.3 Å². The summed E-state index contributed by atoms with van der Waals surface area (Å²) in [6, 6.07) is 0. The Morgan fingerprint density at radius 3 is 2.95 bits per heavy atom. The number of likely N-dealkylation sites (tertiary alicyclic amines) is 1. The van der Waals surface area contributed by atoms with Crippen LogP contribution in [0.4, 0.5) is 0 Å². The van der Waals surface area contributed by atoms with Gasteiger partial charge in [0.25, 0.3) is 0 Å². The summed E-state index contributed by atoms with van der Waals surface area (Å²) in [7, 11) is -3.09. The van der Waals surface area contributed by atoms with E-state index in [1.54, 1.807) is 15.6 Å². The van der Waals surface area contributed by atoms with Crippen LogP contribution < -0.4 is 0 Å². The highest BCUT2D eigenvalue weighted by Crippen LogP contribution is 2.39. The smallest absolute Gasteiger partial charge is 0.211 e. The maximum absolute atomic E-state index is 11.9. The molecule has 0 bridgehead atoms. The van der Waals surface area contributed by atoms with Crippen LogP contribution in [0.25, 0.3) is 0 Å². The molecule has 19 heavy (non-hydrogen) atoms.